The summed E-state index contributed by atoms with van der Waals surface area (Å²) in [6.07, 6.45) is 2.73. The molecule has 0 N–H and O–H groups in total. The molecule has 1 aliphatic rings. The van der Waals surface area contributed by atoms with Crippen LogP contribution in [0.5, 0.6) is 0 Å². The van der Waals surface area contributed by atoms with Crippen molar-refractivity contribution in [1.82, 2.24) is 4.90 Å². The predicted octanol–water partition coefficient (Wildman–Crippen LogP) is 1.51. The maximum Gasteiger partial charge on any atom is 0 e. The van der Waals surface area contributed by atoms with Gasteiger partial charge in [0.2, 0.25) is 0 Å². The zero-order valence-electron chi connectivity index (χ0n) is 6.14. The van der Waals surface area contributed by atoms with Crippen molar-refractivity contribution in [2.75, 3.05) is 13.1 Å². The van der Waals surface area contributed by atoms with Crippen LogP contribution in [0.25, 0.3) is 0 Å². The Hall–Kier alpha value is 1.06. The largest absolute Gasteiger partial charge is 0.459 e. The SMILES string of the molecule is [CH2-]N1CCCC(C)C1.[Y]. The molecule has 0 spiro atoms. The number of hydrogen-bond acceptors (Lipinski definition) is 1. The number of piperidine rings is 1. The summed E-state index contributed by atoms with van der Waals surface area (Å²) < 4.78 is 0. The van der Waals surface area contributed by atoms with Gasteiger partial charge in [-0.05, 0) is 31.8 Å². The fourth-order valence-electron chi connectivity index (χ4n) is 1.29. The van der Waals surface area contributed by atoms with Crippen LogP contribution in [0.3, 0.4) is 0 Å². The normalized spacial score (nSPS) is 29.3. The third kappa shape index (κ3) is 3.69. The van der Waals surface area contributed by atoms with Gasteiger partial charge in [-0.25, -0.2) is 0 Å². The minimum Gasteiger partial charge on any atom is -0.459 e. The van der Waals surface area contributed by atoms with Gasteiger partial charge in [0.05, 0.1) is 0 Å². The van der Waals surface area contributed by atoms with Crippen LogP contribution < -0.4 is 0 Å². The number of rotatable bonds is 0. The van der Waals surface area contributed by atoms with Gasteiger partial charge in [0.1, 0.15) is 0 Å². The summed E-state index contributed by atoms with van der Waals surface area (Å²) in [4.78, 5) is 2.16. The maximum absolute atomic E-state index is 3.88. The van der Waals surface area contributed by atoms with E-state index >= 15 is 0 Å². The first kappa shape index (κ1) is 10.1. The van der Waals surface area contributed by atoms with Gasteiger partial charge >= 0.3 is 0 Å². The molecule has 1 radical (unpaired) electrons. The van der Waals surface area contributed by atoms with Crippen LogP contribution in [0.4, 0.5) is 0 Å². The predicted molar refractivity (Wildman–Crippen MR) is 35.3 cm³/mol. The molecule has 0 amide bonds. The van der Waals surface area contributed by atoms with Crippen LogP contribution in [-0.4, -0.2) is 18.0 Å². The van der Waals surface area contributed by atoms with Crippen LogP contribution in [0.2, 0.25) is 0 Å². The minimum absolute atomic E-state index is 0. The first-order chi connectivity index (χ1) is 3.79. The second kappa shape index (κ2) is 4.81. The summed E-state index contributed by atoms with van der Waals surface area (Å²) in [7, 11) is 3.88. The zero-order valence-corrected chi connectivity index (χ0v) is 8.98. The maximum atomic E-state index is 3.88. The standard InChI is InChI=1S/C7H14N.Y/c1-7-4-3-5-8(2)6-7;/h7H,2-6H2,1H3;/q-1;. The van der Waals surface area contributed by atoms with E-state index in [9.17, 15) is 0 Å². The van der Waals surface area contributed by atoms with Crippen molar-refractivity contribution in [1.29, 1.82) is 0 Å². The molecule has 0 aromatic carbocycles. The van der Waals surface area contributed by atoms with Crippen molar-refractivity contribution in [2.24, 2.45) is 5.92 Å². The topological polar surface area (TPSA) is 3.24 Å². The molecule has 1 atom stereocenters. The minimum atomic E-state index is 0. The van der Waals surface area contributed by atoms with Gasteiger partial charge in [0.25, 0.3) is 0 Å². The average Bonchev–Trinajstić information content (AvgIpc) is 1.64. The number of likely N-dealkylation sites (tertiary alicyclic amines) is 1. The Morgan fingerprint density at radius 2 is 2.22 bits per heavy atom. The molecule has 1 nitrogen and oxygen atoms in total. The Labute approximate surface area is 83.1 Å². The van der Waals surface area contributed by atoms with Gasteiger partial charge in [-0.15, -0.1) is 0 Å². The first-order valence-corrected chi connectivity index (χ1v) is 3.34. The van der Waals surface area contributed by atoms with Crippen molar-refractivity contribution >= 4 is 0 Å². The van der Waals surface area contributed by atoms with Crippen LogP contribution in [-0.2, 0) is 32.7 Å². The number of nitrogens with zero attached hydrogens (tertiary/aromatic N) is 1. The van der Waals surface area contributed by atoms with E-state index in [1.807, 2.05) is 0 Å². The molecule has 0 bridgehead atoms. The van der Waals surface area contributed by atoms with E-state index in [1.165, 1.54) is 25.9 Å². The summed E-state index contributed by atoms with van der Waals surface area (Å²) in [5.74, 6) is 0.876. The van der Waals surface area contributed by atoms with E-state index in [0.29, 0.717) is 0 Å². The molecule has 51 valence electrons. The molecule has 0 saturated carbocycles. The summed E-state index contributed by atoms with van der Waals surface area (Å²) in [5.41, 5.74) is 0. The van der Waals surface area contributed by atoms with E-state index in [1.54, 1.807) is 0 Å². The fourth-order valence-corrected chi connectivity index (χ4v) is 1.29. The molecule has 0 aromatic heterocycles. The third-order valence-corrected chi connectivity index (χ3v) is 1.74. The molecule has 1 fully saturated rings. The van der Waals surface area contributed by atoms with Gasteiger partial charge in [-0.2, -0.15) is 0 Å². The average molecular weight is 201 g/mol. The molecule has 1 aliphatic heterocycles. The molecular weight excluding hydrogens is 187 g/mol. The second-order valence-electron chi connectivity index (χ2n) is 2.82. The molecule has 1 rings (SSSR count). The van der Waals surface area contributed by atoms with E-state index in [-0.39, 0.29) is 32.7 Å². The molecule has 1 heterocycles. The Kier molecular flexibility index (Phi) is 5.38. The monoisotopic (exact) mass is 201 g/mol. The van der Waals surface area contributed by atoms with Gasteiger partial charge in [-0.1, -0.05) is 6.92 Å². The summed E-state index contributed by atoms with van der Waals surface area (Å²) >= 11 is 0. The van der Waals surface area contributed by atoms with Crippen LogP contribution >= 0.6 is 0 Å². The van der Waals surface area contributed by atoms with Crippen LogP contribution in [0.15, 0.2) is 0 Å². The molecule has 0 aliphatic carbocycles. The summed E-state index contributed by atoms with van der Waals surface area (Å²) in [5, 5.41) is 0. The van der Waals surface area contributed by atoms with Crippen molar-refractivity contribution in [3.63, 3.8) is 0 Å². The van der Waals surface area contributed by atoms with E-state index in [4.69, 9.17) is 0 Å². The van der Waals surface area contributed by atoms with E-state index in [2.05, 4.69) is 18.9 Å². The second-order valence-corrected chi connectivity index (χ2v) is 2.82. The Balaban J connectivity index is 0.000000640. The molecule has 0 aromatic rings. The van der Waals surface area contributed by atoms with Gasteiger partial charge in [-0.3, -0.25) is 7.05 Å². The summed E-state index contributed by atoms with van der Waals surface area (Å²) in [6.45, 7) is 4.68. The third-order valence-electron chi connectivity index (χ3n) is 1.74. The van der Waals surface area contributed by atoms with Crippen LogP contribution in [0.1, 0.15) is 19.8 Å². The van der Waals surface area contributed by atoms with E-state index in [0.717, 1.165) is 5.92 Å². The fraction of sp³-hybridized carbons (Fsp3) is 0.857. The Morgan fingerprint density at radius 3 is 2.56 bits per heavy atom. The first-order valence-electron chi connectivity index (χ1n) is 3.34. The van der Waals surface area contributed by atoms with E-state index < -0.39 is 0 Å². The molecule has 1 saturated heterocycles. The summed E-state index contributed by atoms with van der Waals surface area (Å²) in [6, 6.07) is 0. The molecule has 1 unspecified atom stereocenters. The van der Waals surface area contributed by atoms with Crippen molar-refractivity contribution in [2.45, 2.75) is 19.8 Å². The Bertz CT molecular complexity index is 67.3. The van der Waals surface area contributed by atoms with Crippen LogP contribution in [0, 0.1) is 13.0 Å². The molecule has 9 heavy (non-hydrogen) atoms. The Morgan fingerprint density at radius 1 is 1.56 bits per heavy atom. The van der Waals surface area contributed by atoms with Gasteiger partial charge in [0, 0.05) is 32.7 Å². The number of hydrogen-bond donors (Lipinski definition) is 0. The zero-order chi connectivity index (χ0) is 5.98. The van der Waals surface area contributed by atoms with Crippen molar-refractivity contribution in [3.05, 3.63) is 7.05 Å². The quantitative estimate of drug-likeness (QED) is 0.537. The van der Waals surface area contributed by atoms with Gasteiger partial charge < -0.3 is 4.90 Å². The smallest absolute Gasteiger partial charge is 0 e. The van der Waals surface area contributed by atoms with Crippen molar-refractivity contribution in [3.8, 4) is 0 Å². The van der Waals surface area contributed by atoms with Crippen molar-refractivity contribution < 1.29 is 32.7 Å². The molecule has 2 heteroatoms. The molecular formula is C7H14NY-. The van der Waals surface area contributed by atoms with Gasteiger partial charge in [0.15, 0.2) is 0 Å².